The zero-order valence-corrected chi connectivity index (χ0v) is 13.2. The second-order valence-corrected chi connectivity index (χ2v) is 7.52. The monoisotopic (exact) mass is 300 g/mol. The van der Waals surface area contributed by atoms with E-state index in [1.54, 1.807) is 21.3 Å². The molecule has 2 rings (SSSR count). The Kier molecular flexibility index (Phi) is 4.82. The molecule has 1 aromatic heterocycles. The van der Waals surface area contributed by atoms with Crippen molar-refractivity contribution in [2.75, 3.05) is 26.7 Å². The number of hydrogen-bond donors (Lipinski definition) is 1. The zero-order chi connectivity index (χ0) is 14.8. The molecule has 0 spiro atoms. The SMILES string of the molecule is CNC[C@H]1CCCN(S(=O)(=O)c2ccnn2C(C)C)C1. The number of nitrogens with one attached hydrogen (secondary N) is 1. The van der Waals surface area contributed by atoms with E-state index in [0.717, 1.165) is 19.4 Å². The molecule has 0 amide bonds. The van der Waals surface area contributed by atoms with Crippen molar-refractivity contribution in [1.82, 2.24) is 19.4 Å². The second-order valence-electron chi connectivity index (χ2n) is 5.64. The molecule has 0 aliphatic carbocycles. The van der Waals surface area contributed by atoms with Crippen molar-refractivity contribution in [1.29, 1.82) is 0 Å². The van der Waals surface area contributed by atoms with E-state index < -0.39 is 10.0 Å². The highest BCUT2D eigenvalue weighted by atomic mass is 32.2. The molecular formula is C13H24N4O2S. The predicted octanol–water partition coefficient (Wildman–Crippen LogP) is 1.08. The molecule has 1 aliphatic rings. The summed E-state index contributed by atoms with van der Waals surface area (Å²) in [4.78, 5) is 0. The van der Waals surface area contributed by atoms with Crippen LogP contribution in [0.5, 0.6) is 0 Å². The number of sulfonamides is 1. The molecule has 1 aliphatic heterocycles. The summed E-state index contributed by atoms with van der Waals surface area (Å²) >= 11 is 0. The second kappa shape index (κ2) is 6.24. The highest BCUT2D eigenvalue weighted by Gasteiger charge is 2.32. The Morgan fingerprint density at radius 1 is 1.50 bits per heavy atom. The summed E-state index contributed by atoms with van der Waals surface area (Å²) in [7, 11) is -1.54. The van der Waals surface area contributed by atoms with Crippen molar-refractivity contribution in [3.05, 3.63) is 12.3 Å². The topological polar surface area (TPSA) is 67.2 Å². The number of nitrogens with zero attached hydrogens (tertiary/aromatic N) is 3. The third kappa shape index (κ3) is 3.05. The Morgan fingerprint density at radius 2 is 2.25 bits per heavy atom. The van der Waals surface area contributed by atoms with Crippen molar-refractivity contribution in [3.8, 4) is 0 Å². The number of aromatic nitrogens is 2. The predicted molar refractivity (Wildman–Crippen MR) is 78.0 cm³/mol. The van der Waals surface area contributed by atoms with Gasteiger partial charge in [-0.05, 0) is 52.3 Å². The van der Waals surface area contributed by atoms with Gasteiger partial charge in [-0.1, -0.05) is 0 Å². The van der Waals surface area contributed by atoms with E-state index in [0.29, 0.717) is 24.0 Å². The molecule has 0 radical (unpaired) electrons. The molecule has 114 valence electrons. The van der Waals surface area contributed by atoms with Crippen LogP contribution < -0.4 is 5.32 Å². The molecule has 7 heteroatoms. The highest BCUT2D eigenvalue weighted by molar-refractivity contribution is 7.89. The molecule has 1 atom stereocenters. The maximum Gasteiger partial charge on any atom is 0.260 e. The fourth-order valence-corrected chi connectivity index (χ4v) is 4.50. The lowest BCUT2D eigenvalue weighted by molar-refractivity contribution is 0.261. The molecule has 1 N–H and O–H groups in total. The number of rotatable bonds is 5. The van der Waals surface area contributed by atoms with Crippen molar-refractivity contribution < 1.29 is 8.42 Å². The van der Waals surface area contributed by atoms with Crippen molar-refractivity contribution >= 4 is 10.0 Å². The van der Waals surface area contributed by atoms with E-state index in [1.807, 2.05) is 20.9 Å². The van der Waals surface area contributed by atoms with Gasteiger partial charge in [-0.2, -0.15) is 9.40 Å². The molecule has 0 bridgehead atoms. The molecule has 0 saturated carbocycles. The summed E-state index contributed by atoms with van der Waals surface area (Å²) in [6.45, 7) is 5.92. The molecular weight excluding hydrogens is 276 g/mol. The molecule has 0 unspecified atom stereocenters. The van der Waals surface area contributed by atoms with Gasteiger partial charge in [-0.15, -0.1) is 0 Å². The molecule has 2 heterocycles. The maximum atomic E-state index is 12.8. The van der Waals surface area contributed by atoms with Crippen LogP contribution in [0.1, 0.15) is 32.7 Å². The first-order chi connectivity index (χ1) is 9.46. The van der Waals surface area contributed by atoms with E-state index >= 15 is 0 Å². The van der Waals surface area contributed by atoms with Crippen molar-refractivity contribution in [3.63, 3.8) is 0 Å². The molecule has 1 saturated heterocycles. The minimum Gasteiger partial charge on any atom is -0.319 e. The van der Waals surface area contributed by atoms with Crippen LogP contribution in [-0.2, 0) is 10.0 Å². The smallest absolute Gasteiger partial charge is 0.260 e. The summed E-state index contributed by atoms with van der Waals surface area (Å²) < 4.78 is 28.7. The van der Waals surface area contributed by atoms with Gasteiger partial charge in [-0.25, -0.2) is 8.42 Å². The lowest BCUT2D eigenvalue weighted by Gasteiger charge is -2.32. The van der Waals surface area contributed by atoms with Crippen LogP contribution in [-0.4, -0.2) is 49.2 Å². The maximum absolute atomic E-state index is 12.8. The van der Waals surface area contributed by atoms with E-state index in [9.17, 15) is 8.42 Å². The molecule has 6 nitrogen and oxygen atoms in total. The van der Waals surface area contributed by atoms with Crippen molar-refractivity contribution in [2.24, 2.45) is 5.92 Å². The normalized spacial score (nSPS) is 21.5. The first-order valence-corrected chi connectivity index (χ1v) is 8.59. The molecule has 20 heavy (non-hydrogen) atoms. The Morgan fingerprint density at radius 3 is 2.90 bits per heavy atom. The first kappa shape index (κ1) is 15.5. The van der Waals surface area contributed by atoms with Crippen LogP contribution in [0.3, 0.4) is 0 Å². The van der Waals surface area contributed by atoms with Gasteiger partial charge in [0.1, 0.15) is 0 Å². The lowest BCUT2D eigenvalue weighted by atomic mass is 10.00. The zero-order valence-electron chi connectivity index (χ0n) is 12.4. The van der Waals surface area contributed by atoms with Gasteiger partial charge < -0.3 is 5.32 Å². The minimum absolute atomic E-state index is 0.0349. The van der Waals surface area contributed by atoms with E-state index in [4.69, 9.17) is 0 Å². The average Bonchev–Trinajstić information content (AvgIpc) is 2.89. The van der Waals surface area contributed by atoms with Crippen LogP contribution in [0.2, 0.25) is 0 Å². The molecule has 0 aromatic carbocycles. The molecule has 1 aromatic rings. The van der Waals surface area contributed by atoms with Gasteiger partial charge >= 0.3 is 0 Å². The lowest BCUT2D eigenvalue weighted by Crippen LogP contribution is -2.43. The van der Waals surface area contributed by atoms with Gasteiger partial charge in [0.05, 0.1) is 6.20 Å². The van der Waals surface area contributed by atoms with Gasteiger partial charge in [0.15, 0.2) is 5.03 Å². The molecule has 1 fully saturated rings. The van der Waals surface area contributed by atoms with Crippen LogP contribution in [0, 0.1) is 5.92 Å². The Hall–Kier alpha value is -0.920. The number of hydrogen-bond acceptors (Lipinski definition) is 4. The van der Waals surface area contributed by atoms with Crippen molar-refractivity contribution in [2.45, 2.75) is 37.8 Å². The van der Waals surface area contributed by atoms with Crippen LogP contribution in [0.15, 0.2) is 17.3 Å². The van der Waals surface area contributed by atoms with E-state index in [2.05, 4.69) is 10.4 Å². The van der Waals surface area contributed by atoms with Gasteiger partial charge in [-0.3, -0.25) is 4.68 Å². The Balaban J connectivity index is 2.23. The first-order valence-electron chi connectivity index (χ1n) is 7.15. The summed E-state index contributed by atoms with van der Waals surface area (Å²) in [5.41, 5.74) is 0. The number of piperidine rings is 1. The third-order valence-electron chi connectivity index (χ3n) is 3.70. The fraction of sp³-hybridized carbons (Fsp3) is 0.769. The largest absolute Gasteiger partial charge is 0.319 e. The minimum atomic E-state index is -3.44. The van der Waals surface area contributed by atoms with Gasteiger partial charge in [0, 0.05) is 19.1 Å². The summed E-state index contributed by atoms with van der Waals surface area (Å²) in [6, 6.07) is 1.63. The highest BCUT2D eigenvalue weighted by Crippen LogP contribution is 2.24. The third-order valence-corrected chi connectivity index (χ3v) is 5.57. The van der Waals surface area contributed by atoms with Crippen LogP contribution in [0.4, 0.5) is 0 Å². The fourth-order valence-electron chi connectivity index (χ4n) is 2.73. The summed E-state index contributed by atoms with van der Waals surface area (Å²) in [5, 5.41) is 7.57. The van der Waals surface area contributed by atoms with Crippen LogP contribution in [0.25, 0.3) is 0 Å². The van der Waals surface area contributed by atoms with Gasteiger partial charge in [0.2, 0.25) is 0 Å². The Bertz CT molecular complexity index is 536. The van der Waals surface area contributed by atoms with Gasteiger partial charge in [0.25, 0.3) is 10.0 Å². The standard InChI is InChI=1S/C13H24N4O2S/c1-11(2)17-13(6-7-15-17)20(18,19)16-8-4-5-12(10-16)9-14-3/h6-7,11-12,14H,4-5,8-10H2,1-3H3/t12-/m1/s1. The summed E-state index contributed by atoms with van der Waals surface area (Å²) in [6.07, 6.45) is 3.56. The summed E-state index contributed by atoms with van der Waals surface area (Å²) in [5.74, 6) is 0.388. The van der Waals surface area contributed by atoms with E-state index in [-0.39, 0.29) is 6.04 Å². The van der Waals surface area contributed by atoms with E-state index in [1.165, 1.54) is 0 Å². The quantitative estimate of drug-likeness (QED) is 0.884. The average molecular weight is 300 g/mol. The Labute approximate surface area is 121 Å². The van der Waals surface area contributed by atoms with Crippen LogP contribution >= 0.6 is 0 Å².